The molecule has 0 aromatic carbocycles. The number of nitrogens with zero attached hydrogens (tertiary/aromatic N) is 1. The first-order valence-electron chi connectivity index (χ1n) is 4.38. The van der Waals surface area contributed by atoms with Crippen LogP contribution in [0.4, 0.5) is 5.13 Å². The molecule has 0 saturated heterocycles. The van der Waals surface area contributed by atoms with Gasteiger partial charge in [-0.1, -0.05) is 0 Å². The van der Waals surface area contributed by atoms with Crippen molar-refractivity contribution in [1.29, 1.82) is 0 Å². The van der Waals surface area contributed by atoms with Gasteiger partial charge >= 0.3 is 0 Å². The highest BCUT2D eigenvalue weighted by molar-refractivity contribution is 7.13. The van der Waals surface area contributed by atoms with Crippen molar-refractivity contribution < 1.29 is 4.79 Å². The van der Waals surface area contributed by atoms with E-state index in [-0.39, 0.29) is 11.4 Å². The number of nitrogens with two attached hydrogens (primary N) is 1. The Morgan fingerprint density at radius 1 is 1.64 bits per heavy atom. The maximum absolute atomic E-state index is 11.5. The summed E-state index contributed by atoms with van der Waals surface area (Å²) in [5.74, 6) is -0.0252. The minimum Gasteiger partial charge on any atom is -0.375 e. The maximum atomic E-state index is 11.5. The number of amides is 1. The molecule has 0 aliphatic rings. The molecule has 4 nitrogen and oxygen atoms in total. The molecule has 14 heavy (non-hydrogen) atoms. The summed E-state index contributed by atoms with van der Waals surface area (Å²) in [6.07, 6.45) is 0.297. The van der Waals surface area contributed by atoms with Crippen molar-refractivity contribution in [2.45, 2.75) is 32.7 Å². The van der Waals surface area contributed by atoms with Crippen LogP contribution in [0.3, 0.4) is 0 Å². The Bertz CT molecular complexity index is 327. The van der Waals surface area contributed by atoms with Crippen molar-refractivity contribution in [3.8, 4) is 0 Å². The third kappa shape index (κ3) is 3.74. The summed E-state index contributed by atoms with van der Waals surface area (Å²) in [6, 6.07) is 0. The van der Waals surface area contributed by atoms with Crippen LogP contribution >= 0.6 is 11.3 Å². The van der Waals surface area contributed by atoms with Crippen LogP contribution in [0.1, 0.15) is 26.5 Å². The molecule has 0 aliphatic heterocycles. The van der Waals surface area contributed by atoms with Crippen LogP contribution < -0.4 is 11.1 Å². The summed E-state index contributed by atoms with van der Waals surface area (Å²) in [4.78, 5) is 15.5. The SMILES string of the molecule is CC(C)(C)NC(=O)Cc1csc(N)n1. The minimum atomic E-state index is -0.196. The van der Waals surface area contributed by atoms with E-state index < -0.39 is 0 Å². The van der Waals surface area contributed by atoms with Crippen LogP contribution in [-0.4, -0.2) is 16.4 Å². The van der Waals surface area contributed by atoms with E-state index in [4.69, 9.17) is 5.73 Å². The molecule has 0 atom stereocenters. The number of nitrogens with one attached hydrogen (secondary N) is 1. The number of anilines is 1. The van der Waals surface area contributed by atoms with Crippen LogP contribution in [0.25, 0.3) is 0 Å². The maximum Gasteiger partial charge on any atom is 0.226 e. The highest BCUT2D eigenvalue weighted by atomic mass is 32.1. The molecule has 0 spiro atoms. The molecular weight excluding hydrogens is 198 g/mol. The van der Waals surface area contributed by atoms with Gasteiger partial charge in [0, 0.05) is 10.9 Å². The summed E-state index contributed by atoms with van der Waals surface area (Å²) in [5.41, 5.74) is 5.99. The van der Waals surface area contributed by atoms with Gasteiger partial charge in [-0.15, -0.1) is 11.3 Å². The topological polar surface area (TPSA) is 68.0 Å². The number of carbonyl (C=O) groups excluding carboxylic acids is 1. The van der Waals surface area contributed by atoms with Crippen LogP contribution in [0, 0.1) is 0 Å². The lowest BCUT2D eigenvalue weighted by atomic mass is 10.1. The van der Waals surface area contributed by atoms with Crippen molar-refractivity contribution in [3.05, 3.63) is 11.1 Å². The Labute approximate surface area is 87.5 Å². The van der Waals surface area contributed by atoms with Gasteiger partial charge in [0.1, 0.15) is 0 Å². The predicted molar refractivity (Wildman–Crippen MR) is 58.1 cm³/mol. The molecular formula is C9H15N3OS. The van der Waals surface area contributed by atoms with Crippen molar-refractivity contribution in [2.75, 3.05) is 5.73 Å². The van der Waals surface area contributed by atoms with Crippen LogP contribution in [-0.2, 0) is 11.2 Å². The normalized spacial score (nSPS) is 11.4. The lowest BCUT2D eigenvalue weighted by molar-refractivity contribution is -0.121. The monoisotopic (exact) mass is 213 g/mol. The largest absolute Gasteiger partial charge is 0.375 e. The van der Waals surface area contributed by atoms with Crippen molar-refractivity contribution >= 4 is 22.4 Å². The second kappa shape index (κ2) is 3.96. The third-order valence-electron chi connectivity index (χ3n) is 1.43. The van der Waals surface area contributed by atoms with E-state index in [2.05, 4.69) is 10.3 Å². The van der Waals surface area contributed by atoms with E-state index >= 15 is 0 Å². The minimum absolute atomic E-state index is 0.0252. The highest BCUT2D eigenvalue weighted by Gasteiger charge is 2.14. The summed E-state index contributed by atoms with van der Waals surface area (Å²) in [5, 5.41) is 5.17. The van der Waals surface area contributed by atoms with Crippen molar-refractivity contribution in [3.63, 3.8) is 0 Å². The van der Waals surface area contributed by atoms with E-state index in [1.54, 1.807) is 5.38 Å². The number of carbonyl (C=O) groups is 1. The van der Waals surface area contributed by atoms with E-state index in [0.29, 0.717) is 11.6 Å². The van der Waals surface area contributed by atoms with Gasteiger partial charge in [-0.05, 0) is 20.8 Å². The average Bonchev–Trinajstić information content (AvgIpc) is 2.30. The first-order chi connectivity index (χ1) is 6.37. The molecule has 0 fully saturated rings. The zero-order valence-electron chi connectivity index (χ0n) is 8.63. The molecule has 0 aliphatic carbocycles. The molecule has 3 N–H and O–H groups in total. The molecule has 1 heterocycles. The number of hydrogen-bond acceptors (Lipinski definition) is 4. The van der Waals surface area contributed by atoms with Gasteiger partial charge in [0.15, 0.2) is 5.13 Å². The quantitative estimate of drug-likeness (QED) is 0.775. The molecule has 0 saturated carbocycles. The zero-order valence-corrected chi connectivity index (χ0v) is 9.44. The van der Waals surface area contributed by atoms with Gasteiger partial charge in [0.2, 0.25) is 5.91 Å². The first kappa shape index (κ1) is 11.0. The van der Waals surface area contributed by atoms with Crippen molar-refractivity contribution in [2.24, 2.45) is 0 Å². The fraction of sp³-hybridized carbons (Fsp3) is 0.556. The van der Waals surface area contributed by atoms with Gasteiger partial charge in [-0.3, -0.25) is 4.79 Å². The van der Waals surface area contributed by atoms with Gasteiger partial charge in [-0.2, -0.15) is 0 Å². The number of aromatic nitrogens is 1. The number of rotatable bonds is 2. The number of thiazole rings is 1. The second-order valence-corrected chi connectivity index (χ2v) is 5.04. The Morgan fingerprint density at radius 2 is 2.29 bits per heavy atom. The number of hydrogen-bond donors (Lipinski definition) is 2. The zero-order chi connectivity index (χ0) is 10.8. The molecule has 1 rings (SSSR count). The molecule has 0 bridgehead atoms. The molecule has 1 aromatic heterocycles. The van der Waals surface area contributed by atoms with Crippen LogP contribution in [0.15, 0.2) is 5.38 Å². The standard InChI is InChI=1S/C9H15N3OS/c1-9(2,3)12-7(13)4-6-5-14-8(10)11-6/h5H,4H2,1-3H3,(H2,10,11)(H,12,13). The Kier molecular flexibility index (Phi) is 3.10. The Balaban J connectivity index is 2.50. The molecule has 1 aromatic rings. The average molecular weight is 213 g/mol. The summed E-state index contributed by atoms with van der Waals surface area (Å²) < 4.78 is 0. The fourth-order valence-electron chi connectivity index (χ4n) is 1.03. The van der Waals surface area contributed by atoms with E-state index in [9.17, 15) is 4.79 Å². The van der Waals surface area contributed by atoms with Gasteiger partial charge in [0.25, 0.3) is 0 Å². The highest BCUT2D eigenvalue weighted by Crippen LogP contribution is 2.11. The van der Waals surface area contributed by atoms with E-state index in [1.165, 1.54) is 11.3 Å². The molecule has 1 amide bonds. The lowest BCUT2D eigenvalue weighted by Crippen LogP contribution is -2.41. The summed E-state index contributed by atoms with van der Waals surface area (Å²) in [6.45, 7) is 5.83. The second-order valence-electron chi connectivity index (χ2n) is 4.15. The molecule has 0 unspecified atom stereocenters. The van der Waals surface area contributed by atoms with Gasteiger partial charge < -0.3 is 11.1 Å². The molecule has 0 radical (unpaired) electrons. The van der Waals surface area contributed by atoms with Gasteiger partial charge in [0.05, 0.1) is 12.1 Å². The Morgan fingerprint density at radius 3 is 2.71 bits per heavy atom. The van der Waals surface area contributed by atoms with Gasteiger partial charge in [-0.25, -0.2) is 4.98 Å². The number of nitrogen functional groups attached to an aromatic ring is 1. The summed E-state index contributed by atoms with van der Waals surface area (Å²) >= 11 is 1.35. The predicted octanol–water partition coefficient (Wildman–Crippen LogP) is 1.18. The van der Waals surface area contributed by atoms with E-state index in [1.807, 2.05) is 20.8 Å². The molecule has 78 valence electrons. The van der Waals surface area contributed by atoms with Crippen LogP contribution in [0.5, 0.6) is 0 Å². The first-order valence-corrected chi connectivity index (χ1v) is 5.26. The fourth-order valence-corrected chi connectivity index (χ4v) is 1.59. The summed E-state index contributed by atoms with van der Waals surface area (Å²) in [7, 11) is 0. The molecule has 5 heteroatoms. The lowest BCUT2D eigenvalue weighted by Gasteiger charge is -2.19. The van der Waals surface area contributed by atoms with Crippen molar-refractivity contribution in [1.82, 2.24) is 10.3 Å². The van der Waals surface area contributed by atoms with Crippen LogP contribution in [0.2, 0.25) is 0 Å². The van der Waals surface area contributed by atoms with E-state index in [0.717, 1.165) is 5.69 Å². The third-order valence-corrected chi connectivity index (χ3v) is 2.15. The smallest absolute Gasteiger partial charge is 0.226 e. The Hall–Kier alpha value is -1.10.